The van der Waals surface area contributed by atoms with Crippen LogP contribution in [0.1, 0.15) is 40.2 Å². The van der Waals surface area contributed by atoms with Crippen LogP contribution in [0, 0.1) is 20.8 Å². The Morgan fingerprint density at radius 1 is 1.28 bits per heavy atom. The van der Waals surface area contributed by atoms with Gasteiger partial charge in [-0.05, 0) is 40.3 Å². The molecule has 0 aromatic carbocycles. The Morgan fingerprint density at radius 2 is 2.00 bits per heavy atom. The monoisotopic (exact) mass is 280 g/mol. The van der Waals surface area contributed by atoms with E-state index >= 15 is 0 Å². The fourth-order valence-electron chi connectivity index (χ4n) is 2.17. The van der Waals surface area contributed by atoms with Crippen LogP contribution < -0.4 is 5.32 Å². The zero-order valence-corrected chi connectivity index (χ0v) is 13.3. The van der Waals surface area contributed by atoms with E-state index in [1.54, 1.807) is 0 Å². The molecule has 0 aliphatic carbocycles. The van der Waals surface area contributed by atoms with Gasteiger partial charge in [0.25, 0.3) is 0 Å². The molecule has 0 fully saturated rings. The van der Waals surface area contributed by atoms with Gasteiger partial charge in [-0.25, -0.2) is 4.98 Å². The molecule has 2 rings (SSSR count). The van der Waals surface area contributed by atoms with Crippen molar-refractivity contribution in [3.63, 3.8) is 0 Å². The summed E-state index contributed by atoms with van der Waals surface area (Å²) in [4.78, 5) is 8.82. The van der Waals surface area contributed by atoms with Crippen LogP contribution in [0.4, 0.5) is 0 Å². The lowest BCUT2D eigenvalue weighted by Crippen LogP contribution is -2.17. The van der Waals surface area contributed by atoms with Crippen molar-refractivity contribution >= 4 is 22.7 Å². The third kappa shape index (κ3) is 2.66. The Labute approximate surface area is 117 Å². The third-order valence-electron chi connectivity index (χ3n) is 3.01. The lowest BCUT2D eigenvalue weighted by atomic mass is 10.2. The van der Waals surface area contributed by atoms with Gasteiger partial charge in [0.05, 0.1) is 5.69 Å². The van der Waals surface area contributed by atoms with Crippen LogP contribution >= 0.6 is 22.7 Å². The van der Waals surface area contributed by atoms with Gasteiger partial charge in [0.15, 0.2) is 0 Å². The molecule has 4 heteroatoms. The summed E-state index contributed by atoms with van der Waals surface area (Å²) in [6, 6.07) is 2.64. The van der Waals surface area contributed by atoms with E-state index in [4.69, 9.17) is 4.98 Å². The van der Waals surface area contributed by atoms with E-state index in [9.17, 15) is 0 Å². The van der Waals surface area contributed by atoms with Gasteiger partial charge >= 0.3 is 0 Å². The molecule has 0 spiro atoms. The zero-order valence-electron chi connectivity index (χ0n) is 11.6. The van der Waals surface area contributed by atoms with E-state index in [0.29, 0.717) is 6.04 Å². The summed E-state index contributed by atoms with van der Waals surface area (Å²) < 4.78 is 0. The number of nitrogens with zero attached hydrogens (tertiary/aromatic N) is 1. The third-order valence-corrected chi connectivity index (χ3v) is 5.35. The number of hydrogen-bond acceptors (Lipinski definition) is 4. The summed E-state index contributed by atoms with van der Waals surface area (Å²) in [5.74, 6) is 0. The summed E-state index contributed by atoms with van der Waals surface area (Å²) in [6.07, 6.45) is 0. The van der Waals surface area contributed by atoms with E-state index in [0.717, 1.165) is 17.2 Å². The minimum absolute atomic E-state index is 0.390. The lowest BCUT2D eigenvalue weighted by Gasteiger charge is -2.09. The van der Waals surface area contributed by atoms with Crippen molar-refractivity contribution in [3.05, 3.63) is 26.4 Å². The number of thiophene rings is 1. The molecule has 2 aromatic heterocycles. The lowest BCUT2D eigenvalue weighted by molar-refractivity contribution is 0.603. The summed E-state index contributed by atoms with van der Waals surface area (Å²) in [6.45, 7) is 11.8. The first-order valence-corrected chi connectivity index (χ1v) is 7.94. The van der Waals surface area contributed by atoms with Crippen molar-refractivity contribution in [2.75, 3.05) is 6.54 Å². The molecule has 2 nitrogen and oxygen atoms in total. The molecule has 0 aliphatic rings. The molecule has 18 heavy (non-hydrogen) atoms. The highest BCUT2D eigenvalue weighted by atomic mass is 32.1. The van der Waals surface area contributed by atoms with Crippen LogP contribution in [0.5, 0.6) is 0 Å². The first-order chi connectivity index (χ1) is 8.52. The number of rotatable bonds is 4. The topological polar surface area (TPSA) is 24.9 Å². The van der Waals surface area contributed by atoms with Gasteiger partial charge in [-0.15, -0.1) is 22.7 Å². The maximum absolute atomic E-state index is 4.74. The predicted octanol–water partition coefficient (Wildman–Crippen LogP) is 4.47. The number of aromatic nitrogens is 1. The van der Waals surface area contributed by atoms with E-state index in [1.807, 2.05) is 22.7 Å². The van der Waals surface area contributed by atoms with Gasteiger partial charge < -0.3 is 5.32 Å². The average Bonchev–Trinajstić information content (AvgIpc) is 2.82. The number of aryl methyl sites for hydroxylation is 3. The number of thiazole rings is 1. The second-order valence-corrected chi connectivity index (χ2v) is 7.07. The van der Waals surface area contributed by atoms with Crippen LogP contribution in [0.25, 0.3) is 10.6 Å². The number of nitrogens with one attached hydrogen (secondary N) is 1. The molecule has 2 heterocycles. The second kappa shape index (κ2) is 5.51. The van der Waals surface area contributed by atoms with Crippen LogP contribution in [-0.2, 0) is 0 Å². The van der Waals surface area contributed by atoms with Crippen LogP contribution in [0.2, 0.25) is 0 Å². The van der Waals surface area contributed by atoms with E-state index in [2.05, 4.69) is 46.0 Å². The smallest absolute Gasteiger partial charge is 0.125 e. The van der Waals surface area contributed by atoms with Gasteiger partial charge in [0.1, 0.15) is 5.01 Å². The summed E-state index contributed by atoms with van der Waals surface area (Å²) in [7, 11) is 0. The van der Waals surface area contributed by atoms with Gasteiger partial charge in [0, 0.05) is 26.2 Å². The van der Waals surface area contributed by atoms with E-state index in [-0.39, 0.29) is 0 Å². The molecule has 0 aliphatic heterocycles. The van der Waals surface area contributed by atoms with Crippen molar-refractivity contribution < 1.29 is 0 Å². The van der Waals surface area contributed by atoms with Crippen molar-refractivity contribution in [2.45, 2.75) is 40.7 Å². The summed E-state index contributed by atoms with van der Waals surface area (Å²) >= 11 is 3.67. The standard InChI is InChI=1S/C14H20N2S2/c1-6-15-9(3)13-10(4)16-14(18-13)12-7-8(2)17-11(12)5/h7,9,15H,6H2,1-5H3. The van der Waals surface area contributed by atoms with Crippen LogP contribution in [0.15, 0.2) is 6.07 Å². The molecule has 0 radical (unpaired) electrons. The molecular formula is C14H20N2S2. The molecule has 0 saturated carbocycles. The Kier molecular flexibility index (Phi) is 4.20. The Morgan fingerprint density at radius 3 is 2.56 bits per heavy atom. The molecule has 1 unspecified atom stereocenters. The molecule has 0 bridgehead atoms. The van der Waals surface area contributed by atoms with E-state index in [1.165, 1.54) is 20.2 Å². The molecular weight excluding hydrogens is 260 g/mol. The predicted molar refractivity (Wildman–Crippen MR) is 81.7 cm³/mol. The highest BCUT2D eigenvalue weighted by Crippen LogP contribution is 2.36. The van der Waals surface area contributed by atoms with Crippen molar-refractivity contribution in [2.24, 2.45) is 0 Å². The first kappa shape index (κ1) is 13.7. The molecule has 0 amide bonds. The average molecular weight is 280 g/mol. The largest absolute Gasteiger partial charge is 0.310 e. The minimum atomic E-state index is 0.390. The van der Waals surface area contributed by atoms with Crippen LogP contribution in [0.3, 0.4) is 0 Å². The SMILES string of the molecule is CCNC(C)c1sc(-c2cc(C)sc2C)nc1C. The molecule has 1 N–H and O–H groups in total. The first-order valence-electron chi connectivity index (χ1n) is 6.31. The molecule has 2 aromatic rings. The molecule has 98 valence electrons. The van der Waals surface area contributed by atoms with Gasteiger partial charge in [-0.2, -0.15) is 0 Å². The fraction of sp³-hybridized carbons (Fsp3) is 0.500. The Bertz CT molecular complexity index is 540. The van der Waals surface area contributed by atoms with Gasteiger partial charge in [-0.1, -0.05) is 6.92 Å². The van der Waals surface area contributed by atoms with E-state index < -0.39 is 0 Å². The Hall–Kier alpha value is -0.710. The quantitative estimate of drug-likeness (QED) is 0.894. The van der Waals surface area contributed by atoms with Gasteiger partial charge in [0.2, 0.25) is 0 Å². The summed E-state index contributed by atoms with van der Waals surface area (Å²) in [5, 5.41) is 4.62. The van der Waals surface area contributed by atoms with Crippen LogP contribution in [-0.4, -0.2) is 11.5 Å². The Balaban J connectivity index is 2.37. The second-order valence-electron chi connectivity index (χ2n) is 4.57. The summed E-state index contributed by atoms with van der Waals surface area (Å²) in [5.41, 5.74) is 2.47. The highest BCUT2D eigenvalue weighted by molar-refractivity contribution is 7.16. The normalized spacial score (nSPS) is 12.9. The highest BCUT2D eigenvalue weighted by Gasteiger charge is 2.16. The minimum Gasteiger partial charge on any atom is -0.310 e. The zero-order chi connectivity index (χ0) is 13.3. The maximum atomic E-state index is 4.74. The molecule has 1 atom stereocenters. The number of hydrogen-bond donors (Lipinski definition) is 1. The van der Waals surface area contributed by atoms with Crippen molar-refractivity contribution in [3.8, 4) is 10.6 Å². The van der Waals surface area contributed by atoms with Crippen molar-refractivity contribution in [1.82, 2.24) is 10.3 Å². The maximum Gasteiger partial charge on any atom is 0.125 e. The fourth-order valence-corrected chi connectivity index (χ4v) is 4.32. The van der Waals surface area contributed by atoms with Gasteiger partial charge in [-0.3, -0.25) is 0 Å². The molecule has 0 saturated heterocycles. The van der Waals surface area contributed by atoms with Crippen molar-refractivity contribution in [1.29, 1.82) is 0 Å².